The van der Waals surface area contributed by atoms with Gasteiger partial charge in [-0.05, 0) is 37.5 Å². The van der Waals surface area contributed by atoms with Gasteiger partial charge in [0, 0.05) is 0 Å². The number of carbonyl (C=O) groups excluding carboxylic acids is 1. The summed E-state index contributed by atoms with van der Waals surface area (Å²) in [7, 11) is 0. The minimum atomic E-state index is -0.943. The number of benzene rings is 1. The number of amides is 1. The fourth-order valence-corrected chi connectivity index (χ4v) is 3.10. The van der Waals surface area contributed by atoms with Crippen LogP contribution in [0.5, 0.6) is 0 Å². The van der Waals surface area contributed by atoms with E-state index in [2.05, 4.69) is 10.5 Å². The highest BCUT2D eigenvalue weighted by Gasteiger charge is 2.44. The number of rotatable bonds is 3. The minimum Gasteiger partial charge on any atom is -0.409 e. The average molecular weight is 310 g/mol. The van der Waals surface area contributed by atoms with Gasteiger partial charge in [0.25, 0.3) is 0 Å². The van der Waals surface area contributed by atoms with Crippen LogP contribution in [0.3, 0.4) is 0 Å². The molecule has 0 atom stereocenters. The first-order valence-electron chi connectivity index (χ1n) is 7.05. The van der Waals surface area contributed by atoms with Gasteiger partial charge in [-0.1, -0.05) is 42.1 Å². The van der Waals surface area contributed by atoms with Gasteiger partial charge in [0.1, 0.15) is 5.41 Å². The molecule has 1 saturated carbocycles. The van der Waals surface area contributed by atoms with E-state index in [-0.39, 0.29) is 11.7 Å². The molecule has 0 heterocycles. The maximum absolute atomic E-state index is 12.7. The van der Waals surface area contributed by atoms with Crippen molar-refractivity contribution in [2.24, 2.45) is 16.3 Å². The highest BCUT2D eigenvalue weighted by atomic mass is 35.5. The van der Waals surface area contributed by atoms with Crippen LogP contribution < -0.4 is 11.1 Å². The molecule has 1 aromatic rings. The van der Waals surface area contributed by atoms with Gasteiger partial charge in [-0.2, -0.15) is 0 Å². The molecule has 1 fully saturated rings. The summed E-state index contributed by atoms with van der Waals surface area (Å²) < 4.78 is 0. The van der Waals surface area contributed by atoms with Gasteiger partial charge in [-0.3, -0.25) is 4.79 Å². The molecule has 1 aromatic carbocycles. The SMILES string of the molecule is Cc1ccc(NC(=O)C2(C(N)=NO)CCCCC2)c(Cl)c1. The summed E-state index contributed by atoms with van der Waals surface area (Å²) in [6.45, 7) is 1.93. The van der Waals surface area contributed by atoms with E-state index in [9.17, 15) is 4.79 Å². The van der Waals surface area contributed by atoms with Gasteiger partial charge >= 0.3 is 0 Å². The smallest absolute Gasteiger partial charge is 0.238 e. The maximum atomic E-state index is 12.7. The quantitative estimate of drug-likeness (QED) is 0.346. The van der Waals surface area contributed by atoms with Crippen LogP contribution in [0.1, 0.15) is 37.7 Å². The van der Waals surface area contributed by atoms with E-state index in [4.69, 9.17) is 22.5 Å². The Morgan fingerprint density at radius 3 is 2.62 bits per heavy atom. The lowest BCUT2D eigenvalue weighted by Crippen LogP contribution is -2.48. The van der Waals surface area contributed by atoms with E-state index >= 15 is 0 Å². The third-order valence-electron chi connectivity index (χ3n) is 4.11. The molecule has 0 unspecified atom stereocenters. The van der Waals surface area contributed by atoms with Crippen LogP contribution in [0.4, 0.5) is 5.69 Å². The highest BCUT2D eigenvalue weighted by Crippen LogP contribution is 2.38. The molecule has 0 aromatic heterocycles. The predicted octanol–water partition coefficient (Wildman–Crippen LogP) is 3.28. The van der Waals surface area contributed by atoms with Crippen LogP contribution in [0.2, 0.25) is 5.02 Å². The standard InChI is InChI=1S/C15H20ClN3O2/c1-10-5-6-12(11(16)9-10)18-14(20)15(13(17)19-21)7-3-2-4-8-15/h5-6,9,21H,2-4,7-8H2,1H3,(H2,17,19)(H,18,20). The van der Waals surface area contributed by atoms with E-state index in [0.29, 0.717) is 23.6 Å². The van der Waals surface area contributed by atoms with Crippen molar-refractivity contribution in [3.63, 3.8) is 0 Å². The Kier molecular flexibility index (Phi) is 4.73. The number of amidine groups is 1. The first kappa shape index (κ1) is 15.6. The topological polar surface area (TPSA) is 87.7 Å². The second-order valence-electron chi connectivity index (χ2n) is 5.57. The van der Waals surface area contributed by atoms with E-state index in [1.165, 1.54) is 0 Å². The fraction of sp³-hybridized carbons (Fsp3) is 0.467. The number of hydrogen-bond acceptors (Lipinski definition) is 3. The summed E-state index contributed by atoms with van der Waals surface area (Å²) in [5.74, 6) is -0.286. The largest absolute Gasteiger partial charge is 0.409 e. The number of hydrogen-bond donors (Lipinski definition) is 3. The Morgan fingerprint density at radius 2 is 2.05 bits per heavy atom. The molecule has 21 heavy (non-hydrogen) atoms. The van der Waals surface area contributed by atoms with Crippen molar-refractivity contribution in [1.82, 2.24) is 0 Å². The third-order valence-corrected chi connectivity index (χ3v) is 4.43. The molecule has 0 radical (unpaired) electrons. The van der Waals surface area contributed by atoms with Gasteiger partial charge in [-0.25, -0.2) is 0 Å². The van der Waals surface area contributed by atoms with Crippen LogP contribution in [0.25, 0.3) is 0 Å². The molecule has 5 nitrogen and oxygen atoms in total. The second kappa shape index (κ2) is 6.35. The summed E-state index contributed by atoms with van der Waals surface area (Å²) in [4.78, 5) is 12.7. The van der Waals surface area contributed by atoms with Crippen LogP contribution >= 0.6 is 11.6 Å². The Balaban J connectivity index is 2.27. The van der Waals surface area contributed by atoms with E-state index in [1.807, 2.05) is 13.0 Å². The van der Waals surface area contributed by atoms with Gasteiger partial charge in [0.15, 0.2) is 5.84 Å². The fourth-order valence-electron chi connectivity index (χ4n) is 2.81. The average Bonchev–Trinajstić information content (AvgIpc) is 2.49. The van der Waals surface area contributed by atoms with Crippen molar-refractivity contribution in [3.8, 4) is 0 Å². The van der Waals surface area contributed by atoms with Gasteiger partial charge < -0.3 is 16.3 Å². The normalized spacial score (nSPS) is 18.3. The minimum absolute atomic E-state index is 0.0251. The molecule has 0 saturated heterocycles. The monoisotopic (exact) mass is 309 g/mol. The maximum Gasteiger partial charge on any atom is 0.238 e. The lowest BCUT2D eigenvalue weighted by atomic mass is 9.72. The van der Waals surface area contributed by atoms with Crippen molar-refractivity contribution in [2.75, 3.05) is 5.32 Å². The van der Waals surface area contributed by atoms with Crippen LogP contribution in [0.15, 0.2) is 23.4 Å². The zero-order chi connectivity index (χ0) is 15.5. The molecule has 1 aliphatic rings. The zero-order valence-electron chi connectivity index (χ0n) is 12.0. The van der Waals surface area contributed by atoms with E-state index in [1.54, 1.807) is 12.1 Å². The molecule has 0 aliphatic heterocycles. The molecule has 6 heteroatoms. The van der Waals surface area contributed by atoms with Crippen molar-refractivity contribution < 1.29 is 10.0 Å². The van der Waals surface area contributed by atoms with E-state index in [0.717, 1.165) is 24.8 Å². The molecule has 114 valence electrons. The number of carbonyl (C=O) groups is 1. The molecular formula is C15H20ClN3O2. The summed E-state index contributed by atoms with van der Waals surface area (Å²) in [6, 6.07) is 5.42. The number of nitrogens with zero attached hydrogens (tertiary/aromatic N) is 1. The van der Waals surface area contributed by atoms with Crippen molar-refractivity contribution in [1.29, 1.82) is 0 Å². The lowest BCUT2D eigenvalue weighted by molar-refractivity contribution is -0.123. The van der Waals surface area contributed by atoms with Crippen molar-refractivity contribution >= 4 is 29.0 Å². The summed E-state index contributed by atoms with van der Waals surface area (Å²) >= 11 is 6.15. The zero-order valence-corrected chi connectivity index (χ0v) is 12.8. The number of aryl methyl sites for hydroxylation is 1. The van der Waals surface area contributed by atoms with Crippen molar-refractivity contribution in [2.45, 2.75) is 39.0 Å². The molecule has 0 spiro atoms. The summed E-state index contributed by atoms with van der Waals surface area (Å²) in [5.41, 5.74) is 6.42. The number of nitrogens with one attached hydrogen (secondary N) is 1. The Morgan fingerprint density at radius 1 is 1.38 bits per heavy atom. The summed E-state index contributed by atoms with van der Waals surface area (Å²) in [6.07, 6.45) is 3.98. The van der Waals surface area contributed by atoms with Crippen molar-refractivity contribution in [3.05, 3.63) is 28.8 Å². The van der Waals surface area contributed by atoms with Gasteiger partial charge in [-0.15, -0.1) is 0 Å². The van der Waals surface area contributed by atoms with Gasteiger partial charge in [0.2, 0.25) is 5.91 Å². The molecule has 4 N–H and O–H groups in total. The number of nitrogens with two attached hydrogens (primary N) is 1. The Hall–Kier alpha value is -1.75. The van der Waals surface area contributed by atoms with Crippen LogP contribution in [0, 0.1) is 12.3 Å². The number of anilines is 1. The number of oxime groups is 1. The lowest BCUT2D eigenvalue weighted by Gasteiger charge is -2.34. The Labute approximate surface area is 129 Å². The van der Waals surface area contributed by atoms with Gasteiger partial charge in [0.05, 0.1) is 10.7 Å². The summed E-state index contributed by atoms with van der Waals surface area (Å²) in [5, 5.41) is 15.4. The number of halogens is 1. The highest BCUT2D eigenvalue weighted by molar-refractivity contribution is 6.34. The molecule has 1 aliphatic carbocycles. The molecular weight excluding hydrogens is 290 g/mol. The van der Waals surface area contributed by atoms with Crippen LogP contribution in [-0.4, -0.2) is 17.0 Å². The molecule has 1 amide bonds. The van der Waals surface area contributed by atoms with Crippen LogP contribution in [-0.2, 0) is 4.79 Å². The first-order valence-corrected chi connectivity index (χ1v) is 7.43. The third kappa shape index (κ3) is 3.13. The first-order chi connectivity index (χ1) is 9.99. The molecule has 0 bridgehead atoms. The Bertz CT molecular complexity index is 566. The van der Waals surface area contributed by atoms with E-state index < -0.39 is 5.41 Å². The molecule has 2 rings (SSSR count). The predicted molar refractivity (Wildman–Crippen MR) is 83.7 cm³/mol. The second-order valence-corrected chi connectivity index (χ2v) is 5.97.